The highest BCUT2D eigenvalue weighted by molar-refractivity contribution is 5.33. The Bertz CT molecular complexity index is 368. The monoisotopic (exact) mass is 216 g/mol. The van der Waals surface area contributed by atoms with Crippen molar-refractivity contribution in [2.24, 2.45) is 46.3 Å². The van der Waals surface area contributed by atoms with Gasteiger partial charge in [-0.1, -0.05) is 20.3 Å². The molecule has 0 heteroatoms. The van der Waals surface area contributed by atoms with Gasteiger partial charge < -0.3 is 0 Å². The molecule has 0 nitrogen and oxygen atoms in total. The van der Waals surface area contributed by atoms with E-state index < -0.39 is 0 Å². The van der Waals surface area contributed by atoms with Gasteiger partial charge in [-0.15, -0.1) is 0 Å². The van der Waals surface area contributed by atoms with Crippen LogP contribution in [0.1, 0.15) is 52.4 Å². The highest BCUT2D eigenvalue weighted by Crippen LogP contribution is 2.91. The van der Waals surface area contributed by atoms with Crippen molar-refractivity contribution in [1.29, 1.82) is 0 Å². The summed E-state index contributed by atoms with van der Waals surface area (Å²) in [6.07, 6.45) is 9.54. The molecule has 0 aromatic carbocycles. The minimum absolute atomic E-state index is 0.857. The molecule has 7 saturated carbocycles. The predicted molar refractivity (Wildman–Crippen MR) is 64.9 cm³/mol. The standard InChI is InChI=1S/C16H24/c1-3-5-15-8-11(9(15)2)12-13-10-4-6-16(13,7-10)14(12)15/h9-14H,3-8H2,1-2H3. The van der Waals surface area contributed by atoms with Crippen molar-refractivity contribution in [2.75, 3.05) is 0 Å². The summed E-state index contributed by atoms with van der Waals surface area (Å²) in [5, 5.41) is 0. The predicted octanol–water partition coefficient (Wildman–Crippen LogP) is 4.10. The quantitative estimate of drug-likeness (QED) is 0.652. The van der Waals surface area contributed by atoms with Crippen LogP contribution in [-0.4, -0.2) is 0 Å². The van der Waals surface area contributed by atoms with Crippen LogP contribution in [0.2, 0.25) is 0 Å². The Morgan fingerprint density at radius 1 is 1.25 bits per heavy atom. The lowest BCUT2D eigenvalue weighted by atomic mass is 9.37. The van der Waals surface area contributed by atoms with Crippen LogP contribution < -0.4 is 0 Å². The molecule has 7 aliphatic carbocycles. The molecular weight excluding hydrogens is 192 g/mol. The molecule has 0 aliphatic heterocycles. The zero-order valence-electron chi connectivity index (χ0n) is 10.7. The van der Waals surface area contributed by atoms with Crippen molar-refractivity contribution in [2.45, 2.75) is 52.4 Å². The smallest absolute Gasteiger partial charge is 0.0224 e. The summed E-state index contributed by atoms with van der Waals surface area (Å²) >= 11 is 0. The Morgan fingerprint density at radius 3 is 2.81 bits per heavy atom. The van der Waals surface area contributed by atoms with Crippen molar-refractivity contribution >= 4 is 0 Å². The van der Waals surface area contributed by atoms with Crippen LogP contribution in [0.4, 0.5) is 0 Å². The summed E-state index contributed by atoms with van der Waals surface area (Å²) in [5.74, 6) is 7.16. The van der Waals surface area contributed by atoms with E-state index in [2.05, 4.69) is 13.8 Å². The van der Waals surface area contributed by atoms with E-state index in [1.165, 1.54) is 36.0 Å². The van der Waals surface area contributed by atoms with Gasteiger partial charge in [0.25, 0.3) is 0 Å². The number of hydrogen-bond acceptors (Lipinski definition) is 0. The lowest BCUT2D eigenvalue weighted by Crippen LogP contribution is -2.63. The second-order valence-corrected chi connectivity index (χ2v) is 7.96. The Hall–Kier alpha value is 0. The summed E-state index contributed by atoms with van der Waals surface area (Å²) in [7, 11) is 0. The summed E-state index contributed by atoms with van der Waals surface area (Å²) in [4.78, 5) is 0. The van der Waals surface area contributed by atoms with Gasteiger partial charge in [0, 0.05) is 0 Å². The highest BCUT2D eigenvalue weighted by atomic mass is 14.9. The van der Waals surface area contributed by atoms with Crippen molar-refractivity contribution in [3.8, 4) is 0 Å². The number of rotatable bonds is 2. The summed E-state index contributed by atoms with van der Waals surface area (Å²) in [5.41, 5.74) is 1.79. The molecular formula is C16H24. The van der Waals surface area contributed by atoms with Gasteiger partial charge in [0.15, 0.2) is 0 Å². The van der Waals surface area contributed by atoms with Gasteiger partial charge >= 0.3 is 0 Å². The van der Waals surface area contributed by atoms with Gasteiger partial charge in [-0.25, -0.2) is 0 Å². The molecule has 0 aromatic rings. The fourth-order valence-corrected chi connectivity index (χ4v) is 8.09. The van der Waals surface area contributed by atoms with E-state index in [4.69, 9.17) is 0 Å². The van der Waals surface area contributed by atoms with Crippen molar-refractivity contribution < 1.29 is 0 Å². The molecule has 16 heavy (non-hydrogen) atoms. The maximum absolute atomic E-state index is 2.60. The van der Waals surface area contributed by atoms with Crippen LogP contribution in [0, 0.1) is 46.3 Å². The molecule has 1 spiro atoms. The fraction of sp³-hybridized carbons (Fsp3) is 1.00. The minimum Gasteiger partial charge on any atom is -0.0654 e. The van der Waals surface area contributed by atoms with E-state index in [1.54, 1.807) is 32.1 Å². The summed E-state index contributed by atoms with van der Waals surface area (Å²) in [6.45, 7) is 5.01. The van der Waals surface area contributed by atoms with Crippen LogP contribution in [0.15, 0.2) is 0 Å². The van der Waals surface area contributed by atoms with Crippen molar-refractivity contribution in [3.05, 3.63) is 0 Å². The lowest BCUT2D eigenvalue weighted by Gasteiger charge is -2.67. The first-order valence-electron chi connectivity index (χ1n) is 7.74. The van der Waals surface area contributed by atoms with Gasteiger partial charge in [0.1, 0.15) is 0 Å². The van der Waals surface area contributed by atoms with E-state index >= 15 is 0 Å². The molecule has 8 atom stereocenters. The van der Waals surface area contributed by atoms with Crippen LogP contribution in [0.5, 0.6) is 0 Å². The van der Waals surface area contributed by atoms with Gasteiger partial charge in [-0.05, 0) is 78.4 Å². The van der Waals surface area contributed by atoms with Crippen molar-refractivity contribution in [1.82, 2.24) is 0 Å². The summed E-state index contributed by atoms with van der Waals surface area (Å²) < 4.78 is 0. The normalized spacial score (nSPS) is 72.4. The third kappa shape index (κ3) is 0.578. The van der Waals surface area contributed by atoms with E-state index in [0.29, 0.717) is 0 Å². The van der Waals surface area contributed by atoms with E-state index in [9.17, 15) is 0 Å². The number of hydrogen-bond donors (Lipinski definition) is 0. The molecule has 88 valence electrons. The van der Waals surface area contributed by atoms with Crippen molar-refractivity contribution in [3.63, 3.8) is 0 Å². The average Bonchev–Trinajstić information content (AvgIpc) is 2.89. The molecule has 0 radical (unpaired) electrons. The fourth-order valence-electron chi connectivity index (χ4n) is 8.09. The molecule has 8 unspecified atom stereocenters. The molecule has 0 N–H and O–H groups in total. The molecule has 4 bridgehead atoms. The first-order chi connectivity index (χ1) is 7.74. The van der Waals surface area contributed by atoms with E-state index in [1.807, 2.05) is 0 Å². The molecule has 7 rings (SSSR count). The Kier molecular flexibility index (Phi) is 1.28. The van der Waals surface area contributed by atoms with Gasteiger partial charge in [-0.2, -0.15) is 0 Å². The Labute approximate surface area is 99.2 Å². The number of fused-ring (bicyclic) bond motifs is 1. The van der Waals surface area contributed by atoms with E-state index in [-0.39, 0.29) is 0 Å². The maximum Gasteiger partial charge on any atom is -0.0224 e. The highest BCUT2D eigenvalue weighted by Gasteiger charge is 2.85. The zero-order valence-corrected chi connectivity index (χ0v) is 10.7. The molecule has 7 aliphatic rings. The second kappa shape index (κ2) is 2.27. The summed E-state index contributed by atoms with van der Waals surface area (Å²) in [6, 6.07) is 0. The van der Waals surface area contributed by atoms with Gasteiger partial charge in [0.2, 0.25) is 0 Å². The minimum atomic E-state index is 0.857. The SMILES string of the molecule is CCCC12CC(C3C4C5CCC4(C5)C31)C2C. The van der Waals surface area contributed by atoms with Gasteiger partial charge in [-0.3, -0.25) is 0 Å². The lowest BCUT2D eigenvalue weighted by molar-refractivity contribution is -0.203. The van der Waals surface area contributed by atoms with Gasteiger partial charge in [0.05, 0.1) is 0 Å². The third-order valence-corrected chi connectivity index (χ3v) is 8.21. The zero-order chi connectivity index (χ0) is 10.7. The van der Waals surface area contributed by atoms with Crippen LogP contribution in [-0.2, 0) is 0 Å². The Balaban J connectivity index is 1.59. The molecule has 7 fully saturated rings. The molecule has 0 heterocycles. The van der Waals surface area contributed by atoms with E-state index in [0.717, 1.165) is 16.7 Å². The van der Waals surface area contributed by atoms with Crippen LogP contribution in [0.25, 0.3) is 0 Å². The maximum atomic E-state index is 2.60. The first kappa shape index (κ1) is 9.00. The molecule has 0 saturated heterocycles. The molecule has 0 amide bonds. The topological polar surface area (TPSA) is 0 Å². The largest absolute Gasteiger partial charge is 0.0654 e. The Morgan fingerprint density at radius 2 is 2.12 bits per heavy atom. The molecule has 0 aromatic heterocycles. The average molecular weight is 216 g/mol. The first-order valence-corrected chi connectivity index (χ1v) is 7.74. The second-order valence-electron chi connectivity index (χ2n) is 7.96. The van der Waals surface area contributed by atoms with Crippen LogP contribution in [0.3, 0.4) is 0 Å². The van der Waals surface area contributed by atoms with Crippen LogP contribution >= 0.6 is 0 Å². The third-order valence-electron chi connectivity index (χ3n) is 8.21.